The van der Waals surface area contributed by atoms with E-state index in [2.05, 4.69) is 66.8 Å². The highest BCUT2D eigenvalue weighted by Crippen LogP contribution is 2.53. The molecule has 3 rings (SSSR count). The highest BCUT2D eigenvalue weighted by Gasteiger charge is 2.40. The molecular formula is C17H16ClI. The molecule has 0 atom stereocenters. The third kappa shape index (κ3) is 1.85. The maximum atomic E-state index is 6.24. The van der Waals surface area contributed by atoms with Crippen molar-refractivity contribution in [1.82, 2.24) is 0 Å². The summed E-state index contributed by atoms with van der Waals surface area (Å²) in [5.41, 5.74) is 5.76. The topological polar surface area (TPSA) is 0 Å². The highest BCUT2D eigenvalue weighted by molar-refractivity contribution is 14.1. The maximum absolute atomic E-state index is 6.24. The van der Waals surface area contributed by atoms with E-state index in [0.717, 1.165) is 17.9 Å². The summed E-state index contributed by atoms with van der Waals surface area (Å²) >= 11 is 8.64. The zero-order valence-corrected chi connectivity index (χ0v) is 14.0. The van der Waals surface area contributed by atoms with Gasteiger partial charge >= 0.3 is 0 Å². The standard InChI is InChI=1S/C17H16ClI/c1-3-17(4-2)15-9-11(18)5-7-13(15)14-8-6-12(19)10-16(14)17/h5-10H,3-4H2,1-2H3. The van der Waals surface area contributed by atoms with Gasteiger partial charge in [0, 0.05) is 14.0 Å². The van der Waals surface area contributed by atoms with E-state index in [0.29, 0.717) is 0 Å². The Hall–Kier alpha value is -0.540. The molecule has 98 valence electrons. The van der Waals surface area contributed by atoms with Gasteiger partial charge in [0.05, 0.1) is 0 Å². The molecule has 0 unspecified atom stereocenters. The summed E-state index contributed by atoms with van der Waals surface area (Å²) in [6.07, 6.45) is 2.23. The first-order valence-electron chi connectivity index (χ1n) is 6.73. The Labute approximate surface area is 133 Å². The first-order chi connectivity index (χ1) is 9.12. The van der Waals surface area contributed by atoms with E-state index in [-0.39, 0.29) is 5.41 Å². The van der Waals surface area contributed by atoms with E-state index in [1.165, 1.54) is 25.8 Å². The van der Waals surface area contributed by atoms with Gasteiger partial charge in [-0.05, 0) is 82.0 Å². The van der Waals surface area contributed by atoms with Crippen LogP contribution in [0.3, 0.4) is 0 Å². The van der Waals surface area contributed by atoms with E-state index in [9.17, 15) is 0 Å². The molecule has 0 N–H and O–H groups in total. The van der Waals surface area contributed by atoms with Crippen molar-refractivity contribution < 1.29 is 0 Å². The Morgan fingerprint density at radius 3 is 2.16 bits per heavy atom. The fourth-order valence-electron chi connectivity index (χ4n) is 3.45. The van der Waals surface area contributed by atoms with Gasteiger partial charge in [-0.2, -0.15) is 0 Å². The summed E-state index contributed by atoms with van der Waals surface area (Å²) in [4.78, 5) is 0. The number of halogens is 2. The summed E-state index contributed by atoms with van der Waals surface area (Å²) < 4.78 is 1.31. The van der Waals surface area contributed by atoms with Crippen LogP contribution in [0.4, 0.5) is 0 Å². The van der Waals surface area contributed by atoms with E-state index in [1.807, 2.05) is 6.07 Å². The van der Waals surface area contributed by atoms with E-state index in [1.54, 1.807) is 0 Å². The molecule has 0 fully saturated rings. The molecule has 2 heteroatoms. The van der Waals surface area contributed by atoms with Crippen molar-refractivity contribution in [2.75, 3.05) is 0 Å². The third-order valence-electron chi connectivity index (χ3n) is 4.49. The molecule has 0 radical (unpaired) electrons. The largest absolute Gasteiger partial charge is 0.0843 e. The number of fused-ring (bicyclic) bond motifs is 3. The van der Waals surface area contributed by atoms with Crippen molar-refractivity contribution in [3.05, 3.63) is 56.1 Å². The predicted octanol–water partition coefficient (Wildman–Crippen LogP) is 6.03. The van der Waals surface area contributed by atoms with Crippen molar-refractivity contribution in [3.8, 4) is 11.1 Å². The maximum Gasteiger partial charge on any atom is 0.0409 e. The van der Waals surface area contributed by atoms with Crippen LogP contribution in [0.2, 0.25) is 5.02 Å². The lowest BCUT2D eigenvalue weighted by Gasteiger charge is -2.29. The van der Waals surface area contributed by atoms with Gasteiger partial charge in [0.25, 0.3) is 0 Å². The Kier molecular flexibility index (Phi) is 3.38. The molecule has 0 spiro atoms. The van der Waals surface area contributed by atoms with Crippen molar-refractivity contribution in [2.24, 2.45) is 0 Å². The zero-order chi connectivity index (χ0) is 13.6. The second kappa shape index (κ2) is 4.78. The van der Waals surface area contributed by atoms with Crippen LogP contribution in [0, 0.1) is 3.57 Å². The number of hydrogen-bond acceptors (Lipinski definition) is 0. The Bertz CT molecular complexity index is 588. The second-order valence-electron chi connectivity index (χ2n) is 5.17. The summed E-state index contributed by atoms with van der Waals surface area (Å²) in [7, 11) is 0. The van der Waals surface area contributed by atoms with Crippen molar-refractivity contribution >= 4 is 34.2 Å². The Morgan fingerprint density at radius 2 is 1.53 bits per heavy atom. The lowest BCUT2D eigenvalue weighted by atomic mass is 9.74. The van der Waals surface area contributed by atoms with Gasteiger partial charge in [-0.25, -0.2) is 0 Å². The highest BCUT2D eigenvalue weighted by atomic mass is 127. The molecule has 0 amide bonds. The lowest BCUT2D eigenvalue weighted by Crippen LogP contribution is -2.23. The Balaban J connectivity index is 2.38. The van der Waals surface area contributed by atoms with Gasteiger partial charge < -0.3 is 0 Å². The molecule has 0 aliphatic heterocycles. The average molecular weight is 383 g/mol. The molecule has 0 nitrogen and oxygen atoms in total. The molecule has 0 bridgehead atoms. The molecule has 0 aromatic heterocycles. The molecule has 0 heterocycles. The average Bonchev–Trinajstić information content (AvgIpc) is 2.67. The number of rotatable bonds is 2. The van der Waals surface area contributed by atoms with Crippen LogP contribution in [0.15, 0.2) is 36.4 Å². The first kappa shape index (κ1) is 13.4. The van der Waals surface area contributed by atoms with Gasteiger partial charge in [-0.1, -0.05) is 37.6 Å². The normalized spacial score (nSPS) is 15.2. The predicted molar refractivity (Wildman–Crippen MR) is 91.0 cm³/mol. The molecular weight excluding hydrogens is 367 g/mol. The van der Waals surface area contributed by atoms with E-state index < -0.39 is 0 Å². The van der Waals surface area contributed by atoms with E-state index >= 15 is 0 Å². The van der Waals surface area contributed by atoms with Crippen molar-refractivity contribution in [3.63, 3.8) is 0 Å². The second-order valence-corrected chi connectivity index (χ2v) is 6.85. The number of hydrogen-bond donors (Lipinski definition) is 0. The Morgan fingerprint density at radius 1 is 0.947 bits per heavy atom. The molecule has 1 aliphatic rings. The minimum atomic E-state index is 0.136. The summed E-state index contributed by atoms with van der Waals surface area (Å²) in [5, 5.41) is 0.840. The monoisotopic (exact) mass is 382 g/mol. The van der Waals surface area contributed by atoms with Crippen LogP contribution in [-0.2, 0) is 5.41 Å². The van der Waals surface area contributed by atoms with E-state index in [4.69, 9.17) is 11.6 Å². The van der Waals surface area contributed by atoms with Gasteiger partial charge in [-0.3, -0.25) is 0 Å². The fourth-order valence-corrected chi connectivity index (χ4v) is 4.11. The van der Waals surface area contributed by atoms with Crippen molar-refractivity contribution in [2.45, 2.75) is 32.1 Å². The van der Waals surface area contributed by atoms with Gasteiger partial charge in [0.15, 0.2) is 0 Å². The lowest BCUT2D eigenvalue weighted by molar-refractivity contribution is 0.490. The van der Waals surface area contributed by atoms with Crippen LogP contribution < -0.4 is 0 Å². The third-order valence-corrected chi connectivity index (χ3v) is 5.40. The fraction of sp³-hybridized carbons (Fsp3) is 0.294. The summed E-state index contributed by atoms with van der Waals surface area (Å²) in [5.74, 6) is 0. The summed E-state index contributed by atoms with van der Waals surface area (Å²) in [6, 6.07) is 13.1. The minimum absolute atomic E-state index is 0.136. The van der Waals surface area contributed by atoms with Gasteiger partial charge in [0.2, 0.25) is 0 Å². The number of benzene rings is 2. The molecule has 2 aromatic carbocycles. The van der Waals surface area contributed by atoms with Gasteiger partial charge in [-0.15, -0.1) is 0 Å². The molecule has 2 aromatic rings. The van der Waals surface area contributed by atoms with Crippen LogP contribution in [0.5, 0.6) is 0 Å². The first-order valence-corrected chi connectivity index (χ1v) is 8.18. The smallest absolute Gasteiger partial charge is 0.0409 e. The van der Waals surface area contributed by atoms with Crippen LogP contribution in [0.25, 0.3) is 11.1 Å². The van der Waals surface area contributed by atoms with Crippen molar-refractivity contribution in [1.29, 1.82) is 0 Å². The molecule has 19 heavy (non-hydrogen) atoms. The van der Waals surface area contributed by atoms with Crippen LogP contribution >= 0.6 is 34.2 Å². The molecule has 0 saturated carbocycles. The quantitative estimate of drug-likeness (QED) is 0.556. The van der Waals surface area contributed by atoms with Gasteiger partial charge in [0.1, 0.15) is 0 Å². The molecule has 0 saturated heterocycles. The molecule has 1 aliphatic carbocycles. The van der Waals surface area contributed by atoms with Crippen LogP contribution in [-0.4, -0.2) is 0 Å². The SMILES string of the molecule is CCC1(CC)c2cc(Cl)ccc2-c2ccc(I)cc21. The summed E-state index contributed by atoms with van der Waals surface area (Å²) in [6.45, 7) is 4.56. The van der Waals surface area contributed by atoms with Crippen LogP contribution in [0.1, 0.15) is 37.8 Å². The zero-order valence-electron chi connectivity index (χ0n) is 11.1. The minimum Gasteiger partial charge on any atom is -0.0843 e.